The summed E-state index contributed by atoms with van der Waals surface area (Å²) in [5.41, 5.74) is 3.60. The van der Waals surface area contributed by atoms with Gasteiger partial charge in [0, 0.05) is 32.2 Å². The lowest BCUT2D eigenvalue weighted by molar-refractivity contribution is 0.474. The average Bonchev–Trinajstić information content (AvgIpc) is 3.17. The molecule has 4 nitrogen and oxygen atoms in total. The largest absolute Gasteiger partial charge is 0.507 e. The van der Waals surface area contributed by atoms with Crippen LogP contribution in [-0.2, 0) is 0 Å². The van der Waals surface area contributed by atoms with Crippen molar-refractivity contribution in [3.8, 4) is 17.2 Å². The summed E-state index contributed by atoms with van der Waals surface area (Å²) < 4.78 is 6.87. The van der Waals surface area contributed by atoms with Gasteiger partial charge < -0.3 is 9.52 Å². The van der Waals surface area contributed by atoms with Crippen LogP contribution >= 0.6 is 27.5 Å². The number of halogens is 2. The molecular weight excluding hydrogens is 464 g/mol. The van der Waals surface area contributed by atoms with E-state index in [0.29, 0.717) is 33.3 Å². The zero-order chi connectivity index (χ0) is 20.7. The van der Waals surface area contributed by atoms with Gasteiger partial charge in [0.25, 0.3) is 0 Å². The van der Waals surface area contributed by atoms with Crippen LogP contribution in [0, 0.1) is 0 Å². The Morgan fingerprint density at radius 1 is 0.967 bits per heavy atom. The van der Waals surface area contributed by atoms with E-state index in [-0.39, 0.29) is 5.75 Å². The fourth-order valence-corrected chi connectivity index (χ4v) is 3.96. The summed E-state index contributed by atoms with van der Waals surface area (Å²) in [6, 6.07) is 22.4. The number of phenolic OH excluding ortho intramolecular Hbond substituents is 1. The molecule has 1 N–H and O–H groups in total. The number of benzene rings is 4. The summed E-state index contributed by atoms with van der Waals surface area (Å²) in [7, 11) is 0. The number of aromatic nitrogens is 1. The van der Waals surface area contributed by atoms with Crippen molar-refractivity contribution in [1.82, 2.24) is 4.98 Å². The second-order valence-corrected chi connectivity index (χ2v) is 8.10. The molecule has 5 rings (SSSR count). The summed E-state index contributed by atoms with van der Waals surface area (Å²) in [5.74, 6) is 0.699. The van der Waals surface area contributed by atoms with Gasteiger partial charge in [-0.05, 0) is 53.9 Å². The molecule has 0 atom stereocenters. The van der Waals surface area contributed by atoms with Crippen molar-refractivity contribution >= 4 is 61.3 Å². The van der Waals surface area contributed by atoms with Crippen LogP contribution in [0.25, 0.3) is 33.3 Å². The lowest BCUT2D eigenvalue weighted by Crippen LogP contribution is -1.82. The molecule has 0 bridgehead atoms. The molecule has 0 spiro atoms. The summed E-state index contributed by atoms with van der Waals surface area (Å²) >= 11 is 9.73. The van der Waals surface area contributed by atoms with Crippen molar-refractivity contribution in [3.05, 3.63) is 87.9 Å². The van der Waals surface area contributed by atoms with Crippen LogP contribution in [0.5, 0.6) is 5.75 Å². The highest BCUT2D eigenvalue weighted by Crippen LogP contribution is 2.34. The number of rotatable bonds is 3. The maximum Gasteiger partial charge on any atom is 0.227 e. The fourth-order valence-electron chi connectivity index (χ4n) is 3.34. The lowest BCUT2D eigenvalue weighted by Gasteiger charge is -2.04. The molecule has 0 radical (unpaired) electrons. The van der Waals surface area contributed by atoms with Gasteiger partial charge >= 0.3 is 0 Å². The van der Waals surface area contributed by atoms with E-state index in [0.717, 1.165) is 20.8 Å². The Kier molecular flexibility index (Phi) is 4.77. The van der Waals surface area contributed by atoms with Crippen molar-refractivity contribution < 1.29 is 9.52 Å². The predicted molar refractivity (Wildman–Crippen MR) is 125 cm³/mol. The normalized spacial score (nSPS) is 11.7. The average molecular weight is 478 g/mol. The first-order valence-electron chi connectivity index (χ1n) is 9.19. The van der Waals surface area contributed by atoms with Gasteiger partial charge in [-0.3, -0.25) is 4.99 Å². The van der Waals surface area contributed by atoms with Gasteiger partial charge in [0.15, 0.2) is 5.58 Å². The first-order chi connectivity index (χ1) is 14.6. The monoisotopic (exact) mass is 476 g/mol. The first-order valence-corrected chi connectivity index (χ1v) is 10.4. The third-order valence-electron chi connectivity index (χ3n) is 4.81. The van der Waals surface area contributed by atoms with Crippen molar-refractivity contribution in [2.24, 2.45) is 4.99 Å². The van der Waals surface area contributed by atoms with Crippen LogP contribution in [0.1, 0.15) is 5.56 Å². The zero-order valence-electron chi connectivity index (χ0n) is 15.5. The Labute approximate surface area is 185 Å². The zero-order valence-corrected chi connectivity index (χ0v) is 17.9. The van der Waals surface area contributed by atoms with E-state index in [1.54, 1.807) is 24.4 Å². The molecule has 4 aromatic carbocycles. The van der Waals surface area contributed by atoms with Crippen LogP contribution in [0.15, 0.2) is 86.7 Å². The second-order valence-electron chi connectivity index (χ2n) is 6.77. The quantitative estimate of drug-likeness (QED) is 0.273. The molecule has 0 unspecified atom stereocenters. The lowest BCUT2D eigenvalue weighted by atomic mass is 10.0. The molecule has 5 aromatic rings. The van der Waals surface area contributed by atoms with E-state index in [1.165, 1.54) is 0 Å². The van der Waals surface area contributed by atoms with Crippen LogP contribution < -0.4 is 0 Å². The van der Waals surface area contributed by atoms with Gasteiger partial charge in [-0.25, -0.2) is 4.98 Å². The molecular formula is C24H14BrClN2O2. The first kappa shape index (κ1) is 18.9. The van der Waals surface area contributed by atoms with Gasteiger partial charge in [-0.2, -0.15) is 0 Å². The molecule has 146 valence electrons. The fraction of sp³-hybridized carbons (Fsp3) is 0. The molecule has 0 fully saturated rings. The topological polar surface area (TPSA) is 58.6 Å². The van der Waals surface area contributed by atoms with Crippen LogP contribution in [0.4, 0.5) is 5.69 Å². The van der Waals surface area contributed by atoms with Crippen LogP contribution in [0.3, 0.4) is 0 Å². The van der Waals surface area contributed by atoms with Gasteiger partial charge in [0.1, 0.15) is 11.3 Å². The van der Waals surface area contributed by atoms with Crippen LogP contribution in [0.2, 0.25) is 5.02 Å². The summed E-state index contributed by atoms with van der Waals surface area (Å²) in [6.45, 7) is 0. The molecule has 0 aliphatic carbocycles. The summed E-state index contributed by atoms with van der Waals surface area (Å²) in [6.07, 6.45) is 1.62. The number of aliphatic imine (C=N–C) groups is 1. The highest BCUT2D eigenvalue weighted by atomic mass is 79.9. The minimum Gasteiger partial charge on any atom is -0.507 e. The number of hydrogen-bond acceptors (Lipinski definition) is 4. The third-order valence-corrected chi connectivity index (χ3v) is 5.64. The van der Waals surface area contributed by atoms with Gasteiger partial charge in [-0.1, -0.05) is 51.8 Å². The molecule has 0 aliphatic heterocycles. The number of nitrogens with zero attached hydrogens (tertiary/aromatic N) is 2. The van der Waals surface area contributed by atoms with E-state index < -0.39 is 0 Å². The van der Waals surface area contributed by atoms with E-state index in [9.17, 15) is 5.11 Å². The van der Waals surface area contributed by atoms with Gasteiger partial charge in [-0.15, -0.1) is 0 Å². The Morgan fingerprint density at radius 3 is 2.70 bits per heavy atom. The summed E-state index contributed by atoms with van der Waals surface area (Å²) in [4.78, 5) is 9.14. The van der Waals surface area contributed by atoms with Crippen molar-refractivity contribution in [3.63, 3.8) is 0 Å². The molecule has 1 aromatic heterocycles. The van der Waals surface area contributed by atoms with E-state index in [4.69, 9.17) is 16.0 Å². The van der Waals surface area contributed by atoms with E-state index in [2.05, 4.69) is 25.9 Å². The maximum absolute atomic E-state index is 9.97. The van der Waals surface area contributed by atoms with E-state index in [1.807, 2.05) is 54.6 Å². The van der Waals surface area contributed by atoms with Gasteiger partial charge in [0.2, 0.25) is 5.89 Å². The second kappa shape index (κ2) is 7.59. The molecule has 6 heteroatoms. The number of fused-ring (bicyclic) bond motifs is 2. The molecule has 30 heavy (non-hydrogen) atoms. The third kappa shape index (κ3) is 3.47. The standard InChI is InChI=1S/C24H14BrClN2O2/c25-15-7-9-22(29)14(11-15)13-27-16-8-10-23-21(12-16)28-24(30-23)19-5-1-4-18-17(19)3-2-6-20(18)26/h1-13,29H. The Hall–Kier alpha value is -3.15. The highest BCUT2D eigenvalue weighted by Gasteiger charge is 2.12. The van der Waals surface area contributed by atoms with Crippen molar-refractivity contribution in [2.75, 3.05) is 0 Å². The smallest absolute Gasteiger partial charge is 0.227 e. The minimum atomic E-state index is 0.168. The molecule has 1 heterocycles. The number of phenols is 1. The minimum absolute atomic E-state index is 0.168. The van der Waals surface area contributed by atoms with Gasteiger partial charge in [0.05, 0.1) is 5.69 Å². The molecule has 0 aliphatic rings. The summed E-state index contributed by atoms with van der Waals surface area (Å²) in [5, 5.41) is 12.6. The molecule has 0 saturated heterocycles. The predicted octanol–water partition coefficient (Wildman–Crippen LogP) is 7.52. The van der Waals surface area contributed by atoms with Crippen LogP contribution in [-0.4, -0.2) is 16.3 Å². The maximum atomic E-state index is 9.97. The Morgan fingerprint density at radius 2 is 1.80 bits per heavy atom. The number of oxazole rings is 1. The molecule has 0 saturated carbocycles. The Balaban J connectivity index is 1.54. The Bertz CT molecular complexity index is 1440. The van der Waals surface area contributed by atoms with Crippen molar-refractivity contribution in [1.29, 1.82) is 0 Å². The number of hydrogen-bond donors (Lipinski definition) is 1. The molecule has 0 amide bonds. The SMILES string of the molecule is Oc1ccc(Br)cc1C=Nc1ccc2oc(-c3cccc4c(Cl)cccc34)nc2c1. The van der Waals surface area contributed by atoms with Crippen molar-refractivity contribution in [2.45, 2.75) is 0 Å². The number of aromatic hydroxyl groups is 1. The highest BCUT2D eigenvalue weighted by molar-refractivity contribution is 9.10. The van der Waals surface area contributed by atoms with E-state index >= 15 is 0 Å².